The van der Waals surface area contributed by atoms with Gasteiger partial charge in [-0.2, -0.15) is 0 Å². The second-order valence-electron chi connectivity index (χ2n) is 6.70. The normalized spacial score (nSPS) is 29.7. The van der Waals surface area contributed by atoms with Crippen LogP contribution < -0.4 is 5.32 Å². The number of hydrogen-bond acceptors (Lipinski definition) is 4. The summed E-state index contributed by atoms with van der Waals surface area (Å²) in [5, 5.41) is 3.38. The van der Waals surface area contributed by atoms with Crippen LogP contribution >= 0.6 is 0 Å². The van der Waals surface area contributed by atoms with Gasteiger partial charge in [0, 0.05) is 38.1 Å². The predicted molar refractivity (Wildman–Crippen MR) is 85.0 cm³/mol. The Morgan fingerprint density at radius 1 is 1.09 bits per heavy atom. The maximum absolute atomic E-state index is 12.5. The van der Waals surface area contributed by atoms with Crippen LogP contribution in [-0.2, 0) is 14.8 Å². The van der Waals surface area contributed by atoms with E-state index in [4.69, 9.17) is 0 Å². The van der Waals surface area contributed by atoms with Crippen molar-refractivity contribution in [3.05, 3.63) is 0 Å². The fourth-order valence-corrected chi connectivity index (χ4v) is 5.60. The summed E-state index contributed by atoms with van der Waals surface area (Å²) in [7, 11) is -3.15. The number of fused-ring (bicyclic) bond motifs is 2. The van der Waals surface area contributed by atoms with E-state index in [1.807, 2.05) is 4.90 Å². The molecule has 22 heavy (non-hydrogen) atoms. The van der Waals surface area contributed by atoms with Crippen molar-refractivity contribution < 1.29 is 13.2 Å². The van der Waals surface area contributed by atoms with Crippen LogP contribution in [0.5, 0.6) is 0 Å². The maximum Gasteiger partial charge on any atom is 0.223 e. The fraction of sp³-hybridized carbons (Fsp3) is 0.933. The topological polar surface area (TPSA) is 69.7 Å². The van der Waals surface area contributed by atoms with E-state index in [-0.39, 0.29) is 11.7 Å². The monoisotopic (exact) mass is 329 g/mol. The molecule has 0 aromatic carbocycles. The standard InChI is InChI=1S/C15H27N3O3S/c19-15(18-13-5-6-14(18)12-16-8-7-13)4-3-11-22(20,21)17-9-1-2-10-17/h13-14,16H,1-12H2. The second-order valence-corrected chi connectivity index (χ2v) is 8.79. The van der Waals surface area contributed by atoms with E-state index in [0.29, 0.717) is 38.0 Å². The van der Waals surface area contributed by atoms with E-state index in [1.54, 1.807) is 4.31 Å². The largest absolute Gasteiger partial charge is 0.335 e. The van der Waals surface area contributed by atoms with Gasteiger partial charge in [-0.15, -0.1) is 0 Å². The van der Waals surface area contributed by atoms with Gasteiger partial charge in [0.2, 0.25) is 15.9 Å². The van der Waals surface area contributed by atoms with Crippen LogP contribution in [0.4, 0.5) is 0 Å². The van der Waals surface area contributed by atoms with Crippen LogP contribution in [0.25, 0.3) is 0 Å². The summed E-state index contributed by atoms with van der Waals surface area (Å²) >= 11 is 0. The lowest BCUT2D eigenvalue weighted by atomic mass is 10.1. The molecule has 3 heterocycles. The minimum atomic E-state index is -3.15. The molecule has 2 bridgehead atoms. The van der Waals surface area contributed by atoms with Crippen LogP contribution in [0.2, 0.25) is 0 Å². The minimum Gasteiger partial charge on any atom is -0.335 e. The highest BCUT2D eigenvalue weighted by Gasteiger charge is 2.37. The van der Waals surface area contributed by atoms with E-state index < -0.39 is 10.0 Å². The van der Waals surface area contributed by atoms with Crippen molar-refractivity contribution in [2.45, 2.75) is 57.0 Å². The summed E-state index contributed by atoms with van der Waals surface area (Å²) in [6.45, 7) is 3.17. The van der Waals surface area contributed by atoms with Gasteiger partial charge >= 0.3 is 0 Å². The molecule has 3 saturated heterocycles. The molecule has 3 aliphatic heterocycles. The highest BCUT2D eigenvalue weighted by molar-refractivity contribution is 7.89. The highest BCUT2D eigenvalue weighted by Crippen LogP contribution is 2.28. The van der Waals surface area contributed by atoms with Crippen molar-refractivity contribution in [2.75, 3.05) is 31.9 Å². The zero-order valence-corrected chi connectivity index (χ0v) is 14.0. The van der Waals surface area contributed by atoms with Crippen molar-refractivity contribution in [1.29, 1.82) is 0 Å². The van der Waals surface area contributed by atoms with Crippen LogP contribution in [0.15, 0.2) is 0 Å². The van der Waals surface area contributed by atoms with E-state index in [9.17, 15) is 13.2 Å². The number of carbonyl (C=O) groups excluding carboxylic acids is 1. The van der Waals surface area contributed by atoms with Crippen molar-refractivity contribution in [3.63, 3.8) is 0 Å². The first-order valence-corrected chi connectivity index (χ1v) is 10.2. The Labute approximate surface area is 133 Å². The molecule has 1 amide bonds. The highest BCUT2D eigenvalue weighted by atomic mass is 32.2. The smallest absolute Gasteiger partial charge is 0.223 e. The number of nitrogens with zero attached hydrogens (tertiary/aromatic N) is 2. The lowest BCUT2D eigenvalue weighted by Gasteiger charge is -2.28. The van der Waals surface area contributed by atoms with E-state index >= 15 is 0 Å². The molecule has 6 nitrogen and oxygen atoms in total. The molecule has 0 saturated carbocycles. The van der Waals surface area contributed by atoms with Gasteiger partial charge in [-0.25, -0.2) is 12.7 Å². The summed E-state index contributed by atoms with van der Waals surface area (Å²) in [6, 6.07) is 0.679. The third-order valence-electron chi connectivity index (χ3n) is 5.19. The summed E-state index contributed by atoms with van der Waals surface area (Å²) in [6.07, 6.45) is 5.93. The Balaban J connectivity index is 1.50. The molecule has 0 spiro atoms. The molecule has 3 aliphatic rings. The van der Waals surface area contributed by atoms with Gasteiger partial charge in [0.05, 0.1) is 5.75 Å². The zero-order chi connectivity index (χ0) is 15.6. The first kappa shape index (κ1) is 16.2. The summed E-state index contributed by atoms with van der Waals surface area (Å²) < 4.78 is 25.9. The molecule has 126 valence electrons. The quantitative estimate of drug-likeness (QED) is 0.799. The Morgan fingerprint density at radius 3 is 2.59 bits per heavy atom. The molecule has 3 rings (SSSR count). The van der Waals surface area contributed by atoms with E-state index in [2.05, 4.69) is 5.32 Å². The molecule has 1 N–H and O–H groups in total. The van der Waals surface area contributed by atoms with Crippen molar-refractivity contribution in [3.8, 4) is 0 Å². The lowest BCUT2D eigenvalue weighted by molar-refractivity contribution is -0.133. The van der Waals surface area contributed by atoms with Crippen LogP contribution in [0.1, 0.15) is 44.9 Å². The SMILES string of the molecule is O=C(CCCS(=O)(=O)N1CCCC1)N1C2CCNCC1CC2. The number of amides is 1. The van der Waals surface area contributed by atoms with Gasteiger partial charge < -0.3 is 10.2 Å². The maximum atomic E-state index is 12.5. The van der Waals surface area contributed by atoms with Gasteiger partial charge in [-0.3, -0.25) is 4.79 Å². The molecular formula is C15H27N3O3S. The van der Waals surface area contributed by atoms with Crippen LogP contribution in [0, 0.1) is 0 Å². The average molecular weight is 329 g/mol. The summed E-state index contributed by atoms with van der Waals surface area (Å²) in [4.78, 5) is 14.6. The number of rotatable bonds is 5. The molecule has 0 aromatic rings. The van der Waals surface area contributed by atoms with Crippen LogP contribution in [-0.4, -0.2) is 67.5 Å². The van der Waals surface area contributed by atoms with Gasteiger partial charge in [0.15, 0.2) is 0 Å². The Morgan fingerprint density at radius 2 is 1.82 bits per heavy atom. The molecule has 2 unspecified atom stereocenters. The number of hydrogen-bond donors (Lipinski definition) is 1. The summed E-state index contributed by atoms with van der Waals surface area (Å²) in [5.74, 6) is 0.257. The van der Waals surface area contributed by atoms with Gasteiger partial charge in [-0.1, -0.05) is 0 Å². The molecule has 0 radical (unpaired) electrons. The Hall–Kier alpha value is -0.660. The average Bonchev–Trinajstić information content (AvgIpc) is 3.06. The first-order chi connectivity index (χ1) is 10.6. The zero-order valence-electron chi connectivity index (χ0n) is 13.2. The Kier molecular flexibility index (Phi) is 5.04. The third-order valence-corrected chi connectivity index (χ3v) is 7.15. The van der Waals surface area contributed by atoms with Gasteiger partial charge in [0.25, 0.3) is 0 Å². The third kappa shape index (κ3) is 3.46. The van der Waals surface area contributed by atoms with E-state index in [1.165, 1.54) is 0 Å². The summed E-state index contributed by atoms with van der Waals surface area (Å²) in [5.41, 5.74) is 0. The fourth-order valence-electron chi connectivity index (χ4n) is 4.02. The second kappa shape index (κ2) is 6.84. The van der Waals surface area contributed by atoms with Crippen molar-refractivity contribution >= 4 is 15.9 Å². The molecular weight excluding hydrogens is 302 g/mol. The van der Waals surface area contributed by atoms with Crippen molar-refractivity contribution in [1.82, 2.24) is 14.5 Å². The molecule has 7 heteroatoms. The van der Waals surface area contributed by atoms with Crippen molar-refractivity contribution in [2.24, 2.45) is 0 Å². The Bertz CT molecular complexity index is 488. The van der Waals surface area contributed by atoms with Gasteiger partial charge in [0.1, 0.15) is 0 Å². The number of nitrogens with one attached hydrogen (secondary N) is 1. The molecule has 3 fully saturated rings. The number of sulfonamides is 1. The van der Waals surface area contributed by atoms with Gasteiger partial charge in [-0.05, 0) is 45.1 Å². The van der Waals surface area contributed by atoms with Crippen LogP contribution in [0.3, 0.4) is 0 Å². The lowest BCUT2D eigenvalue weighted by Crippen LogP contribution is -2.42. The molecule has 2 atom stereocenters. The first-order valence-electron chi connectivity index (χ1n) is 8.57. The molecule has 0 aliphatic carbocycles. The predicted octanol–water partition coefficient (Wildman–Crippen LogP) is 0.545. The van der Waals surface area contributed by atoms with E-state index in [0.717, 1.165) is 45.2 Å². The number of carbonyl (C=O) groups is 1. The molecule has 0 aromatic heterocycles. The minimum absolute atomic E-state index is 0.111.